The van der Waals surface area contributed by atoms with Crippen molar-refractivity contribution in [2.75, 3.05) is 29.9 Å². The van der Waals surface area contributed by atoms with E-state index in [-0.39, 0.29) is 0 Å². The topological polar surface area (TPSA) is 65.4 Å². The average Bonchev–Trinajstić information content (AvgIpc) is 3.10. The maximum Gasteiger partial charge on any atom is 0.227 e. The van der Waals surface area contributed by atoms with E-state index in [4.69, 9.17) is 4.98 Å². The van der Waals surface area contributed by atoms with Crippen LogP contribution in [0.4, 0.5) is 17.5 Å². The third kappa shape index (κ3) is 3.91. The van der Waals surface area contributed by atoms with Gasteiger partial charge >= 0.3 is 0 Å². The van der Waals surface area contributed by atoms with Crippen LogP contribution in [0.25, 0.3) is 0 Å². The fraction of sp³-hybridized carbons (Fsp3) is 0.292. The SMILES string of the molecule is Cc1cnc(N2CCNC(c3ccccc3)CC2)nc1Nc1ccc2c(c1)C=NC2. The number of anilines is 3. The zero-order valence-electron chi connectivity index (χ0n) is 17.2. The van der Waals surface area contributed by atoms with Gasteiger partial charge in [-0.3, -0.25) is 4.99 Å². The third-order valence-electron chi connectivity index (χ3n) is 5.80. The van der Waals surface area contributed by atoms with Crippen molar-refractivity contribution in [1.29, 1.82) is 0 Å². The van der Waals surface area contributed by atoms with Gasteiger partial charge in [0.1, 0.15) is 5.82 Å². The summed E-state index contributed by atoms with van der Waals surface area (Å²) in [6, 6.07) is 17.4. The summed E-state index contributed by atoms with van der Waals surface area (Å²) in [6.07, 6.45) is 4.87. The van der Waals surface area contributed by atoms with Gasteiger partial charge in [-0.15, -0.1) is 0 Å². The Labute approximate surface area is 177 Å². The van der Waals surface area contributed by atoms with Gasteiger partial charge < -0.3 is 15.5 Å². The Morgan fingerprint density at radius 3 is 2.90 bits per heavy atom. The fourth-order valence-electron chi connectivity index (χ4n) is 4.07. The largest absolute Gasteiger partial charge is 0.340 e. The van der Waals surface area contributed by atoms with Crippen LogP contribution in [0.1, 0.15) is 34.7 Å². The van der Waals surface area contributed by atoms with Gasteiger partial charge in [0, 0.05) is 49.3 Å². The van der Waals surface area contributed by atoms with Crippen LogP contribution in [0.2, 0.25) is 0 Å². The lowest BCUT2D eigenvalue weighted by Gasteiger charge is -2.21. The van der Waals surface area contributed by atoms with Crippen molar-refractivity contribution < 1.29 is 0 Å². The number of benzene rings is 2. The molecule has 1 aromatic heterocycles. The average molecular weight is 399 g/mol. The third-order valence-corrected chi connectivity index (χ3v) is 5.80. The van der Waals surface area contributed by atoms with Gasteiger partial charge in [-0.25, -0.2) is 4.98 Å². The molecule has 1 fully saturated rings. The summed E-state index contributed by atoms with van der Waals surface area (Å²) >= 11 is 0. The first-order valence-electron chi connectivity index (χ1n) is 10.5. The number of aromatic nitrogens is 2. The Hall–Kier alpha value is -3.25. The lowest BCUT2D eigenvalue weighted by molar-refractivity contribution is 0.550. The molecule has 0 radical (unpaired) electrons. The number of nitrogens with one attached hydrogen (secondary N) is 2. The molecule has 30 heavy (non-hydrogen) atoms. The molecule has 6 heteroatoms. The predicted octanol–water partition coefficient (Wildman–Crippen LogP) is 4.00. The second-order valence-electron chi connectivity index (χ2n) is 7.90. The first-order valence-corrected chi connectivity index (χ1v) is 10.5. The van der Waals surface area contributed by atoms with E-state index in [1.807, 2.05) is 19.3 Å². The first kappa shape index (κ1) is 18.8. The van der Waals surface area contributed by atoms with Gasteiger partial charge in [0.15, 0.2) is 0 Å². The van der Waals surface area contributed by atoms with Crippen LogP contribution in [-0.2, 0) is 6.54 Å². The maximum absolute atomic E-state index is 4.87. The molecule has 0 saturated carbocycles. The number of rotatable bonds is 4. The van der Waals surface area contributed by atoms with Gasteiger partial charge in [0.25, 0.3) is 0 Å². The molecule has 2 N–H and O–H groups in total. The molecular weight excluding hydrogens is 372 g/mol. The molecule has 0 amide bonds. The summed E-state index contributed by atoms with van der Waals surface area (Å²) in [6.45, 7) is 5.53. The van der Waals surface area contributed by atoms with Gasteiger partial charge in [0.05, 0.1) is 6.54 Å². The van der Waals surface area contributed by atoms with Crippen molar-refractivity contribution >= 4 is 23.7 Å². The van der Waals surface area contributed by atoms with E-state index in [0.717, 1.165) is 55.6 Å². The minimum Gasteiger partial charge on any atom is -0.340 e. The zero-order valence-corrected chi connectivity index (χ0v) is 17.2. The Balaban J connectivity index is 1.32. The monoisotopic (exact) mass is 398 g/mol. The normalized spacial score (nSPS) is 18.2. The lowest BCUT2D eigenvalue weighted by atomic mass is 10.0. The summed E-state index contributed by atoms with van der Waals surface area (Å²) in [7, 11) is 0. The summed E-state index contributed by atoms with van der Waals surface area (Å²) in [5, 5.41) is 7.14. The highest BCUT2D eigenvalue weighted by molar-refractivity contribution is 5.86. The minimum atomic E-state index is 0.368. The van der Waals surface area contributed by atoms with Gasteiger partial charge in [0.2, 0.25) is 5.95 Å². The standard InChI is InChI=1S/C24H26N6/c1-17-14-27-24(29-23(17)28-21-8-7-19-15-25-16-20(19)13-21)30-11-9-22(26-10-12-30)18-5-3-2-4-6-18/h2-8,13-14,16,22,26H,9-12,15H2,1H3,(H,27,28,29). The molecule has 2 aliphatic heterocycles. The van der Waals surface area contributed by atoms with Gasteiger partial charge in [-0.05, 0) is 42.2 Å². The summed E-state index contributed by atoms with van der Waals surface area (Å²) in [5.41, 5.74) is 5.84. The van der Waals surface area contributed by atoms with Gasteiger partial charge in [-0.1, -0.05) is 36.4 Å². The van der Waals surface area contributed by atoms with Crippen molar-refractivity contribution in [3.05, 3.63) is 77.0 Å². The van der Waals surface area contributed by atoms with Crippen molar-refractivity contribution in [2.45, 2.75) is 25.9 Å². The van der Waals surface area contributed by atoms with Crippen LogP contribution in [0.15, 0.2) is 59.7 Å². The van der Waals surface area contributed by atoms with Crippen LogP contribution in [-0.4, -0.2) is 35.8 Å². The molecule has 0 spiro atoms. The molecule has 2 aromatic carbocycles. The highest BCUT2D eigenvalue weighted by Gasteiger charge is 2.20. The molecule has 3 heterocycles. The fourth-order valence-corrected chi connectivity index (χ4v) is 4.07. The Morgan fingerprint density at radius 2 is 2.00 bits per heavy atom. The quantitative estimate of drug-likeness (QED) is 0.695. The Morgan fingerprint density at radius 1 is 1.10 bits per heavy atom. The molecule has 0 aliphatic carbocycles. The van der Waals surface area contributed by atoms with E-state index in [2.05, 4.69) is 74.0 Å². The highest BCUT2D eigenvalue weighted by Crippen LogP contribution is 2.25. The van der Waals surface area contributed by atoms with E-state index in [0.29, 0.717) is 6.04 Å². The molecular formula is C24H26N6. The number of nitrogens with zero attached hydrogens (tertiary/aromatic N) is 4. The predicted molar refractivity (Wildman–Crippen MR) is 122 cm³/mol. The molecule has 1 atom stereocenters. The molecule has 1 unspecified atom stereocenters. The maximum atomic E-state index is 4.87. The minimum absolute atomic E-state index is 0.368. The molecule has 0 bridgehead atoms. The number of hydrogen-bond donors (Lipinski definition) is 2. The van der Waals surface area contributed by atoms with E-state index in [1.165, 1.54) is 16.7 Å². The molecule has 5 rings (SSSR count). The van der Waals surface area contributed by atoms with Crippen molar-refractivity contribution in [2.24, 2.45) is 4.99 Å². The number of hydrogen-bond acceptors (Lipinski definition) is 6. The number of fused-ring (bicyclic) bond motifs is 1. The lowest BCUT2D eigenvalue weighted by Crippen LogP contribution is -2.29. The van der Waals surface area contributed by atoms with E-state index in [9.17, 15) is 0 Å². The van der Waals surface area contributed by atoms with Crippen LogP contribution in [0.5, 0.6) is 0 Å². The van der Waals surface area contributed by atoms with E-state index < -0.39 is 0 Å². The van der Waals surface area contributed by atoms with Gasteiger partial charge in [-0.2, -0.15) is 4.98 Å². The molecule has 152 valence electrons. The smallest absolute Gasteiger partial charge is 0.227 e. The van der Waals surface area contributed by atoms with Crippen molar-refractivity contribution in [3.63, 3.8) is 0 Å². The van der Waals surface area contributed by atoms with Crippen molar-refractivity contribution in [3.8, 4) is 0 Å². The molecule has 3 aromatic rings. The Bertz CT molecular complexity index is 1060. The molecule has 1 saturated heterocycles. The van der Waals surface area contributed by atoms with E-state index >= 15 is 0 Å². The highest BCUT2D eigenvalue weighted by atomic mass is 15.3. The van der Waals surface area contributed by atoms with Crippen LogP contribution < -0.4 is 15.5 Å². The number of aliphatic imine (C=N–C) groups is 1. The molecule has 2 aliphatic rings. The first-order chi connectivity index (χ1) is 14.8. The summed E-state index contributed by atoms with van der Waals surface area (Å²) < 4.78 is 0. The second-order valence-corrected chi connectivity index (χ2v) is 7.90. The van der Waals surface area contributed by atoms with E-state index in [1.54, 1.807) is 0 Å². The summed E-state index contributed by atoms with van der Waals surface area (Å²) in [5.74, 6) is 1.63. The Kier molecular flexibility index (Phi) is 5.15. The van der Waals surface area contributed by atoms with Crippen LogP contribution in [0, 0.1) is 6.92 Å². The second kappa shape index (κ2) is 8.24. The van der Waals surface area contributed by atoms with Crippen molar-refractivity contribution in [1.82, 2.24) is 15.3 Å². The number of aryl methyl sites for hydroxylation is 1. The zero-order chi connectivity index (χ0) is 20.3. The summed E-state index contributed by atoms with van der Waals surface area (Å²) in [4.78, 5) is 16.1. The van der Waals surface area contributed by atoms with Crippen LogP contribution in [0.3, 0.4) is 0 Å². The van der Waals surface area contributed by atoms with Crippen LogP contribution >= 0.6 is 0 Å². The molecule has 6 nitrogen and oxygen atoms in total.